The molecule has 0 bridgehead atoms. The average Bonchev–Trinajstić information content (AvgIpc) is 1.03. The Bertz CT molecular complexity index is 4120. The third-order valence-corrected chi connectivity index (χ3v) is 21.9. The lowest BCUT2D eigenvalue weighted by Crippen LogP contribution is -2.62. The van der Waals surface area contributed by atoms with Gasteiger partial charge in [-0.1, -0.05) is 199 Å². The summed E-state index contributed by atoms with van der Waals surface area (Å²) in [4.78, 5) is 7.92. The van der Waals surface area contributed by atoms with Gasteiger partial charge in [-0.15, -0.1) is 11.3 Å². The molecule has 0 saturated heterocycles. The van der Waals surface area contributed by atoms with E-state index in [9.17, 15) is 0 Å². The summed E-state index contributed by atoms with van der Waals surface area (Å²) in [6.45, 7) is 47.9. The fraction of sp³-hybridized carbons (Fsp3) is 0.400. The first-order valence-electron chi connectivity index (χ1n) is 31.9. The monoisotopic (exact) mass is 1140 g/mol. The Labute approximate surface area is 515 Å². The van der Waals surface area contributed by atoms with Crippen molar-refractivity contribution >= 4 is 106 Å². The Balaban J connectivity index is 1.13. The van der Waals surface area contributed by atoms with Crippen LogP contribution in [0.3, 0.4) is 0 Å². The zero-order chi connectivity index (χ0) is 60.7. The minimum Gasteiger partial charge on any atom is -0.311 e. The van der Waals surface area contributed by atoms with Gasteiger partial charge in [0.2, 0.25) is 0 Å². The summed E-state index contributed by atoms with van der Waals surface area (Å²) in [5, 5.41) is 2.65. The summed E-state index contributed by atoms with van der Waals surface area (Å²) in [5.74, 6) is 0. The highest BCUT2D eigenvalue weighted by Gasteiger charge is 2.48. The van der Waals surface area contributed by atoms with E-state index in [0.717, 1.165) is 36.3 Å². The van der Waals surface area contributed by atoms with Crippen molar-refractivity contribution in [2.75, 3.05) is 14.7 Å². The first kappa shape index (κ1) is 57.5. The number of thiophene rings is 1. The molecule has 13 rings (SSSR count). The van der Waals surface area contributed by atoms with Crippen LogP contribution >= 0.6 is 11.3 Å². The predicted octanol–water partition coefficient (Wildman–Crippen LogP) is 21.5. The van der Waals surface area contributed by atoms with Gasteiger partial charge in [-0.2, -0.15) is 0 Å². The van der Waals surface area contributed by atoms with E-state index in [1.807, 2.05) is 11.3 Å². The number of fused-ring (bicyclic) bond motifs is 9. The van der Waals surface area contributed by atoms with Gasteiger partial charge in [0.05, 0.1) is 0 Å². The van der Waals surface area contributed by atoms with Crippen LogP contribution in [0.5, 0.6) is 0 Å². The summed E-state index contributed by atoms with van der Waals surface area (Å²) < 4.78 is 2.65. The molecule has 0 amide bonds. The Kier molecular flexibility index (Phi) is 12.8. The summed E-state index contributed by atoms with van der Waals surface area (Å²) >= 11 is 1.94. The van der Waals surface area contributed by atoms with Gasteiger partial charge in [0.25, 0.3) is 6.71 Å². The molecule has 5 heteroatoms. The number of hydrogen-bond donors (Lipinski definition) is 0. The average molecular weight is 1140 g/mol. The summed E-state index contributed by atoms with van der Waals surface area (Å²) in [5.41, 5.74) is 26.5. The second kappa shape index (κ2) is 19.0. The first-order valence-corrected chi connectivity index (χ1v) is 32.7. The van der Waals surface area contributed by atoms with E-state index in [1.165, 1.54) is 122 Å². The van der Waals surface area contributed by atoms with E-state index in [2.05, 4.69) is 299 Å². The lowest BCUT2D eigenvalue weighted by Gasteiger charge is -2.48. The molecule has 0 atom stereocenters. The van der Waals surface area contributed by atoms with E-state index in [0.29, 0.717) is 0 Å². The second-order valence-corrected chi connectivity index (χ2v) is 34.0. The molecule has 2 aliphatic carbocycles. The van der Waals surface area contributed by atoms with Gasteiger partial charge in [-0.05, 0) is 215 Å². The minimum absolute atomic E-state index is 0.0115. The molecule has 0 saturated carbocycles. The molecular formula is C80H92BN3S. The molecule has 3 nitrogen and oxygen atoms in total. The zero-order valence-electron chi connectivity index (χ0n) is 55.0. The molecule has 0 radical (unpaired) electrons. The van der Waals surface area contributed by atoms with Crippen molar-refractivity contribution in [1.29, 1.82) is 0 Å². The van der Waals surface area contributed by atoms with E-state index in [1.54, 1.807) is 0 Å². The van der Waals surface area contributed by atoms with E-state index in [-0.39, 0.29) is 50.0 Å². The molecule has 9 aromatic rings. The van der Waals surface area contributed by atoms with Gasteiger partial charge >= 0.3 is 0 Å². The van der Waals surface area contributed by atoms with Crippen molar-refractivity contribution in [3.63, 3.8) is 0 Å². The summed E-state index contributed by atoms with van der Waals surface area (Å²) in [6, 6.07) is 58.9. The van der Waals surface area contributed by atoms with Gasteiger partial charge in [0, 0.05) is 71.4 Å². The molecule has 2 aliphatic heterocycles. The zero-order valence-corrected chi connectivity index (χ0v) is 55.8. The van der Waals surface area contributed by atoms with Crippen molar-refractivity contribution in [1.82, 2.24) is 0 Å². The summed E-state index contributed by atoms with van der Waals surface area (Å²) in [7, 11) is 0. The minimum atomic E-state index is -0.167. The van der Waals surface area contributed by atoms with Crippen LogP contribution in [0.15, 0.2) is 146 Å². The van der Waals surface area contributed by atoms with Crippen molar-refractivity contribution in [3.05, 3.63) is 190 Å². The molecule has 0 unspecified atom stereocenters. The second-order valence-electron chi connectivity index (χ2n) is 32.9. The van der Waals surface area contributed by atoms with E-state index < -0.39 is 0 Å². The molecule has 436 valence electrons. The SMILES string of the molecule is CC(C)(C)c1ccc(N(c2ccc(C(C)(C)C)cc2)c2ccc3c(c2)N(c2ccc4c(c2)sc2cc(C(C)(C)C)ccc24)c2cc(C(C)(C)C)cc4c2B3c2cc3c(cc2N4c2ccc4c(c2)C(C)(C)CCC4(C)C)C(C)(C)CCC3(C)C)cc1. The van der Waals surface area contributed by atoms with Crippen LogP contribution < -0.4 is 31.1 Å². The maximum absolute atomic E-state index is 2.74. The van der Waals surface area contributed by atoms with Crippen LogP contribution in [0.25, 0.3) is 20.2 Å². The molecule has 0 spiro atoms. The standard InChI is InChI=1S/C80H92BN3S/c1-73(2,3)49-21-26-53(27-22-49)82(54-28-23-50(24-29-54)74(4,5)6)56-32-36-64-66(45-56)84(57-30-34-59-58-33-25-51(75(7,8)9)43-70(58)85-71(59)46-57)69-42-52(76(10,11)12)41-68-72(69)81(64)65-47-62-63(80(19,20)40-39-79(62,17)18)48-67(65)83(68)55-31-35-60-61(44-55)78(15,16)38-37-77(60,13)14/h21-36,41-48H,37-40H2,1-20H3. The number of rotatable bonds is 5. The Hall–Kier alpha value is -6.56. The number of benzene rings is 8. The highest BCUT2D eigenvalue weighted by molar-refractivity contribution is 7.25. The van der Waals surface area contributed by atoms with Crippen LogP contribution in [0, 0.1) is 0 Å². The molecule has 3 heterocycles. The molecule has 1 aromatic heterocycles. The number of anilines is 9. The predicted molar refractivity (Wildman–Crippen MR) is 373 cm³/mol. The molecule has 8 aromatic carbocycles. The van der Waals surface area contributed by atoms with Crippen LogP contribution in [0.1, 0.15) is 209 Å². The van der Waals surface area contributed by atoms with Crippen LogP contribution in [0.2, 0.25) is 0 Å². The van der Waals surface area contributed by atoms with Crippen molar-refractivity contribution in [2.24, 2.45) is 0 Å². The van der Waals surface area contributed by atoms with Crippen LogP contribution in [-0.4, -0.2) is 6.71 Å². The normalized spacial score (nSPS) is 17.5. The highest BCUT2D eigenvalue weighted by atomic mass is 32.1. The topological polar surface area (TPSA) is 9.72 Å². The third-order valence-electron chi connectivity index (χ3n) is 20.8. The Morgan fingerprint density at radius 2 is 0.765 bits per heavy atom. The Morgan fingerprint density at radius 3 is 1.28 bits per heavy atom. The molecule has 4 aliphatic rings. The third kappa shape index (κ3) is 9.50. The molecule has 85 heavy (non-hydrogen) atoms. The molecular weight excluding hydrogens is 1050 g/mol. The fourth-order valence-corrected chi connectivity index (χ4v) is 16.1. The van der Waals surface area contributed by atoms with Gasteiger partial charge in [-0.3, -0.25) is 0 Å². The Morgan fingerprint density at radius 1 is 0.353 bits per heavy atom. The van der Waals surface area contributed by atoms with Crippen molar-refractivity contribution < 1.29 is 0 Å². The smallest absolute Gasteiger partial charge is 0.252 e. The van der Waals surface area contributed by atoms with Gasteiger partial charge in [0.1, 0.15) is 0 Å². The van der Waals surface area contributed by atoms with E-state index in [4.69, 9.17) is 0 Å². The molecule has 0 N–H and O–H groups in total. The lowest BCUT2D eigenvalue weighted by atomic mass is 9.33. The van der Waals surface area contributed by atoms with Gasteiger partial charge in [0.15, 0.2) is 0 Å². The van der Waals surface area contributed by atoms with Gasteiger partial charge in [-0.25, -0.2) is 0 Å². The number of nitrogens with zero attached hydrogens (tertiary/aromatic N) is 3. The lowest BCUT2D eigenvalue weighted by molar-refractivity contribution is 0.332. The summed E-state index contributed by atoms with van der Waals surface area (Å²) in [6.07, 6.45) is 4.66. The quantitative estimate of drug-likeness (QED) is 0.159. The maximum Gasteiger partial charge on any atom is 0.252 e. The fourth-order valence-electron chi connectivity index (χ4n) is 14.9. The van der Waals surface area contributed by atoms with Gasteiger partial charge < -0.3 is 14.7 Å². The largest absolute Gasteiger partial charge is 0.311 e. The highest BCUT2D eigenvalue weighted by Crippen LogP contribution is 2.54. The van der Waals surface area contributed by atoms with Crippen molar-refractivity contribution in [3.8, 4) is 0 Å². The first-order chi connectivity index (χ1) is 39.6. The van der Waals surface area contributed by atoms with Crippen molar-refractivity contribution in [2.45, 2.75) is 207 Å². The molecule has 0 fully saturated rings. The van der Waals surface area contributed by atoms with E-state index >= 15 is 0 Å². The van der Waals surface area contributed by atoms with Crippen LogP contribution in [0.4, 0.5) is 51.2 Å². The maximum atomic E-state index is 2.74. The van der Waals surface area contributed by atoms with Crippen LogP contribution in [-0.2, 0) is 43.3 Å². The number of hydrogen-bond acceptors (Lipinski definition) is 4.